The fourth-order valence-corrected chi connectivity index (χ4v) is 4.18. The Bertz CT molecular complexity index is 1020. The van der Waals surface area contributed by atoms with Gasteiger partial charge < -0.3 is 14.2 Å². The number of ether oxygens (including phenoxy) is 3. The molecule has 1 saturated carbocycles. The van der Waals surface area contributed by atoms with Crippen molar-refractivity contribution in [1.29, 1.82) is 0 Å². The number of pyridine rings is 1. The van der Waals surface area contributed by atoms with Gasteiger partial charge in [0.25, 0.3) is 0 Å². The van der Waals surface area contributed by atoms with Crippen molar-refractivity contribution in [2.75, 3.05) is 36.7 Å². The number of hydrogen-bond acceptors (Lipinski definition) is 6. The number of nitrogens with zero attached hydrogens (tertiary/aromatic N) is 3. The van der Waals surface area contributed by atoms with Crippen molar-refractivity contribution < 1.29 is 23.8 Å². The highest BCUT2D eigenvalue weighted by Crippen LogP contribution is 2.40. The highest BCUT2D eigenvalue weighted by molar-refractivity contribution is 6.01. The van der Waals surface area contributed by atoms with Crippen LogP contribution < -0.4 is 9.80 Å². The third kappa shape index (κ3) is 4.02. The summed E-state index contributed by atoms with van der Waals surface area (Å²) in [7, 11) is 1.36. The number of hydrogen-bond donors (Lipinski definition) is 0. The Morgan fingerprint density at radius 1 is 1.09 bits per heavy atom. The minimum absolute atomic E-state index is 0.230. The first kappa shape index (κ1) is 20.8. The van der Waals surface area contributed by atoms with Gasteiger partial charge in [0, 0.05) is 17.5 Å². The minimum Gasteiger partial charge on any atom is -0.452 e. The maximum Gasteiger partial charge on any atom is 0.414 e. The van der Waals surface area contributed by atoms with E-state index in [0.29, 0.717) is 31.1 Å². The molecule has 2 fully saturated rings. The average Bonchev–Trinajstić information content (AvgIpc) is 3.59. The third-order valence-electron chi connectivity index (χ3n) is 6.23. The second-order valence-corrected chi connectivity index (χ2v) is 8.73. The summed E-state index contributed by atoms with van der Waals surface area (Å²) in [5.41, 5.74) is 4.19. The van der Waals surface area contributed by atoms with Gasteiger partial charge in [-0.3, -0.25) is 14.8 Å². The lowest BCUT2D eigenvalue weighted by Gasteiger charge is -2.40. The molecule has 1 aromatic carbocycles. The second kappa shape index (κ2) is 8.43. The summed E-state index contributed by atoms with van der Waals surface area (Å²) in [6, 6.07) is 9.56. The van der Waals surface area contributed by atoms with Gasteiger partial charge in [0.15, 0.2) is 6.10 Å². The summed E-state index contributed by atoms with van der Waals surface area (Å²) in [4.78, 5) is 33.2. The molecular weight excluding hydrogens is 410 g/mol. The van der Waals surface area contributed by atoms with Crippen LogP contribution in [0.1, 0.15) is 25.5 Å². The lowest BCUT2D eigenvalue weighted by Crippen LogP contribution is -2.53. The van der Waals surface area contributed by atoms with Crippen LogP contribution in [0.3, 0.4) is 0 Å². The van der Waals surface area contributed by atoms with Gasteiger partial charge in [-0.05, 0) is 55.9 Å². The number of carbonyl (C=O) groups is 2. The molecule has 1 atom stereocenters. The van der Waals surface area contributed by atoms with Gasteiger partial charge in [0.05, 0.1) is 44.3 Å². The predicted octanol–water partition coefficient (Wildman–Crippen LogP) is 4.02. The Hall–Kier alpha value is -3.13. The van der Waals surface area contributed by atoms with Crippen LogP contribution in [0.4, 0.5) is 21.0 Å². The van der Waals surface area contributed by atoms with Crippen LogP contribution in [0.5, 0.6) is 0 Å². The fraction of sp³-hybridized carbons (Fsp3) is 0.458. The maximum atomic E-state index is 13.0. The zero-order valence-corrected chi connectivity index (χ0v) is 18.3. The van der Waals surface area contributed by atoms with Crippen LogP contribution in [0.15, 0.2) is 36.5 Å². The molecule has 32 heavy (non-hydrogen) atoms. The molecular formula is C24H27N3O5. The molecule has 3 heterocycles. The van der Waals surface area contributed by atoms with E-state index in [0.717, 1.165) is 29.2 Å². The standard InChI is InChI=1S/C24H27N3O5/c1-15-12-26(23(28)32-20-13-31-14-20)22-10-17(6-8-21(22)27(15)24(29)30-2)18-5-7-19(25-11-18)9-16-3-4-16/h5-8,10-11,15-16,20H,3-4,9,12-14H2,1-2H3/t15-/m0/s1. The molecule has 0 radical (unpaired) electrons. The molecule has 2 aliphatic heterocycles. The van der Waals surface area contributed by atoms with Crippen LogP contribution >= 0.6 is 0 Å². The van der Waals surface area contributed by atoms with E-state index in [9.17, 15) is 9.59 Å². The smallest absolute Gasteiger partial charge is 0.414 e. The van der Waals surface area contributed by atoms with E-state index in [4.69, 9.17) is 14.2 Å². The summed E-state index contributed by atoms with van der Waals surface area (Å²) in [5, 5.41) is 0. The van der Waals surface area contributed by atoms with Crippen LogP contribution in [0, 0.1) is 5.92 Å². The Balaban J connectivity index is 1.48. The number of methoxy groups -OCH3 is 1. The van der Waals surface area contributed by atoms with Gasteiger partial charge >= 0.3 is 12.2 Å². The monoisotopic (exact) mass is 437 g/mol. The van der Waals surface area contributed by atoms with Crippen LogP contribution in [0.25, 0.3) is 11.1 Å². The topological polar surface area (TPSA) is 81.2 Å². The number of anilines is 2. The van der Waals surface area contributed by atoms with E-state index in [1.165, 1.54) is 20.0 Å². The van der Waals surface area contributed by atoms with Gasteiger partial charge in [-0.1, -0.05) is 12.1 Å². The van der Waals surface area contributed by atoms with Gasteiger partial charge in [-0.25, -0.2) is 9.59 Å². The van der Waals surface area contributed by atoms with E-state index in [1.807, 2.05) is 31.3 Å². The highest BCUT2D eigenvalue weighted by Gasteiger charge is 2.37. The predicted molar refractivity (Wildman–Crippen MR) is 119 cm³/mol. The minimum atomic E-state index is -0.460. The van der Waals surface area contributed by atoms with Crippen molar-refractivity contribution >= 4 is 23.6 Å². The Morgan fingerprint density at radius 2 is 1.88 bits per heavy atom. The molecule has 0 spiro atoms. The van der Waals surface area contributed by atoms with Crippen LogP contribution in [0.2, 0.25) is 0 Å². The fourth-order valence-electron chi connectivity index (χ4n) is 4.18. The third-order valence-corrected chi connectivity index (χ3v) is 6.23. The quantitative estimate of drug-likeness (QED) is 0.719. The second-order valence-electron chi connectivity index (χ2n) is 8.73. The van der Waals surface area contributed by atoms with E-state index in [1.54, 1.807) is 9.80 Å². The molecule has 0 N–H and O–H groups in total. The molecule has 2 amide bonds. The summed E-state index contributed by atoms with van der Waals surface area (Å²) in [6.07, 6.45) is 4.36. The molecule has 8 nitrogen and oxygen atoms in total. The van der Waals surface area contributed by atoms with Crippen LogP contribution in [-0.4, -0.2) is 56.2 Å². The molecule has 2 aromatic rings. The number of benzene rings is 1. The van der Waals surface area contributed by atoms with Crippen LogP contribution in [-0.2, 0) is 20.6 Å². The van der Waals surface area contributed by atoms with E-state index < -0.39 is 12.2 Å². The number of amides is 2. The number of fused-ring (bicyclic) bond motifs is 1. The maximum absolute atomic E-state index is 13.0. The van der Waals surface area contributed by atoms with Gasteiger partial charge in [-0.15, -0.1) is 0 Å². The summed E-state index contributed by atoms with van der Waals surface area (Å²) in [6.45, 7) is 3.00. The first-order valence-corrected chi connectivity index (χ1v) is 11.1. The molecule has 1 aliphatic carbocycles. The van der Waals surface area contributed by atoms with Gasteiger partial charge in [0.1, 0.15) is 0 Å². The largest absolute Gasteiger partial charge is 0.452 e. The summed E-state index contributed by atoms with van der Waals surface area (Å²) >= 11 is 0. The van der Waals surface area contributed by atoms with Crippen molar-refractivity contribution in [3.05, 3.63) is 42.2 Å². The van der Waals surface area contributed by atoms with Crippen molar-refractivity contribution in [1.82, 2.24) is 4.98 Å². The molecule has 3 aliphatic rings. The van der Waals surface area contributed by atoms with Gasteiger partial charge in [-0.2, -0.15) is 0 Å². The molecule has 168 valence electrons. The molecule has 8 heteroatoms. The van der Waals surface area contributed by atoms with Gasteiger partial charge in [0.2, 0.25) is 0 Å². The normalized spacial score (nSPS) is 20.4. The first-order chi connectivity index (χ1) is 15.5. The summed E-state index contributed by atoms with van der Waals surface area (Å²) in [5.74, 6) is 0.782. The number of carbonyl (C=O) groups excluding carboxylic acids is 2. The zero-order chi connectivity index (χ0) is 22.2. The molecule has 1 aromatic heterocycles. The van der Waals surface area contributed by atoms with E-state index in [2.05, 4.69) is 17.1 Å². The van der Waals surface area contributed by atoms with E-state index >= 15 is 0 Å². The highest BCUT2D eigenvalue weighted by atomic mass is 16.6. The average molecular weight is 437 g/mol. The van der Waals surface area contributed by atoms with Crippen molar-refractivity contribution in [3.63, 3.8) is 0 Å². The first-order valence-electron chi connectivity index (χ1n) is 11.1. The SMILES string of the molecule is COC(=O)N1c2ccc(-c3ccc(CC4CC4)nc3)cc2N(C(=O)OC2COC2)C[C@@H]1C. The lowest BCUT2D eigenvalue weighted by molar-refractivity contribution is -0.0965. The number of aromatic nitrogens is 1. The molecule has 0 unspecified atom stereocenters. The van der Waals surface area contributed by atoms with E-state index in [-0.39, 0.29) is 12.1 Å². The molecule has 0 bridgehead atoms. The molecule has 1 saturated heterocycles. The Morgan fingerprint density at radius 3 is 2.50 bits per heavy atom. The van der Waals surface area contributed by atoms with Crippen molar-refractivity contribution in [3.8, 4) is 11.1 Å². The number of rotatable bonds is 4. The summed E-state index contributed by atoms with van der Waals surface area (Å²) < 4.78 is 15.7. The lowest BCUT2D eigenvalue weighted by atomic mass is 10.0. The van der Waals surface area contributed by atoms with Crippen molar-refractivity contribution in [2.24, 2.45) is 5.92 Å². The Kier molecular flexibility index (Phi) is 5.46. The zero-order valence-electron chi connectivity index (χ0n) is 18.3. The van der Waals surface area contributed by atoms with Crippen molar-refractivity contribution in [2.45, 2.75) is 38.3 Å². The molecule has 5 rings (SSSR count). The Labute approximate surface area is 187 Å².